The maximum atomic E-state index is 3.25. The Morgan fingerprint density at radius 2 is 1.92 bits per heavy atom. The molecule has 13 heavy (non-hydrogen) atoms. The van der Waals surface area contributed by atoms with E-state index in [0.29, 0.717) is 0 Å². The molecule has 2 aromatic carbocycles. The van der Waals surface area contributed by atoms with Gasteiger partial charge in [-0.2, -0.15) is 0 Å². The van der Waals surface area contributed by atoms with Crippen molar-refractivity contribution in [3.8, 4) is 0 Å². The number of hydrogen-bond acceptors (Lipinski definition) is 1. The van der Waals surface area contributed by atoms with Crippen LogP contribution in [0.2, 0.25) is 0 Å². The molecule has 0 spiro atoms. The predicted molar refractivity (Wildman–Crippen MR) is 54.2 cm³/mol. The lowest BCUT2D eigenvalue weighted by Gasteiger charge is -2.02. The van der Waals surface area contributed by atoms with Gasteiger partial charge < -0.3 is 5.32 Å². The Balaban J connectivity index is 2.43. The van der Waals surface area contributed by atoms with Crippen LogP contribution < -0.4 is 5.32 Å². The fourth-order valence-corrected chi connectivity index (χ4v) is 1.93. The van der Waals surface area contributed by atoms with Gasteiger partial charge in [0.15, 0.2) is 0 Å². The molecule has 3 rings (SSSR count). The largest absolute Gasteiger partial charge is 0.304 e. The molecule has 1 nitrogen and oxygen atoms in total. The standard InChI is InChI=1S/C12H10N/c1-2-4-11-9(3-1)5-6-10-7-13-8-12(10)11/h1-6,8,13H,7H2. The zero-order chi connectivity index (χ0) is 8.67. The average Bonchev–Trinajstić information content (AvgIpc) is 2.65. The molecule has 1 heterocycles. The van der Waals surface area contributed by atoms with Gasteiger partial charge in [0, 0.05) is 6.54 Å². The molecular weight excluding hydrogens is 158 g/mol. The van der Waals surface area contributed by atoms with Crippen LogP contribution in [0.5, 0.6) is 0 Å². The minimum Gasteiger partial charge on any atom is -0.304 e. The quantitative estimate of drug-likeness (QED) is 0.637. The monoisotopic (exact) mass is 168 g/mol. The highest BCUT2D eigenvalue weighted by atomic mass is 14.9. The molecule has 1 heteroatoms. The summed E-state index contributed by atoms with van der Waals surface area (Å²) in [7, 11) is 0. The van der Waals surface area contributed by atoms with Crippen LogP contribution in [0.25, 0.3) is 10.8 Å². The summed E-state index contributed by atoms with van der Waals surface area (Å²) in [5, 5.41) is 5.93. The Kier molecular flexibility index (Phi) is 1.41. The number of fused-ring (bicyclic) bond motifs is 3. The first kappa shape index (κ1) is 7.10. The van der Waals surface area contributed by atoms with Gasteiger partial charge in [-0.3, -0.25) is 0 Å². The van der Waals surface area contributed by atoms with Gasteiger partial charge in [-0.15, -0.1) is 0 Å². The van der Waals surface area contributed by atoms with Crippen molar-refractivity contribution in [2.75, 3.05) is 0 Å². The molecule has 0 fully saturated rings. The Morgan fingerprint density at radius 1 is 1.00 bits per heavy atom. The second-order valence-corrected chi connectivity index (χ2v) is 3.38. The Hall–Kier alpha value is -1.34. The molecule has 1 aliphatic rings. The zero-order valence-corrected chi connectivity index (χ0v) is 7.25. The van der Waals surface area contributed by atoms with E-state index in [1.165, 1.54) is 21.9 Å². The van der Waals surface area contributed by atoms with Crippen LogP contribution in [0.3, 0.4) is 0 Å². The fraction of sp³-hybridized carbons (Fsp3) is 0.0833. The topological polar surface area (TPSA) is 12.0 Å². The molecule has 0 unspecified atom stereocenters. The Morgan fingerprint density at radius 3 is 2.92 bits per heavy atom. The van der Waals surface area contributed by atoms with Crippen molar-refractivity contribution in [3.63, 3.8) is 0 Å². The van der Waals surface area contributed by atoms with E-state index in [1.54, 1.807) is 0 Å². The van der Waals surface area contributed by atoms with E-state index in [4.69, 9.17) is 0 Å². The minimum absolute atomic E-state index is 0.972. The van der Waals surface area contributed by atoms with E-state index in [1.807, 2.05) is 0 Å². The average molecular weight is 168 g/mol. The van der Waals surface area contributed by atoms with Gasteiger partial charge in [-0.25, -0.2) is 0 Å². The van der Waals surface area contributed by atoms with Gasteiger partial charge in [0.1, 0.15) is 0 Å². The van der Waals surface area contributed by atoms with Crippen molar-refractivity contribution in [1.82, 2.24) is 5.32 Å². The van der Waals surface area contributed by atoms with Crippen LogP contribution in [0.4, 0.5) is 0 Å². The molecule has 0 saturated heterocycles. The molecule has 1 aliphatic heterocycles. The molecule has 0 atom stereocenters. The van der Waals surface area contributed by atoms with E-state index in [-0.39, 0.29) is 0 Å². The predicted octanol–water partition coefficient (Wildman–Crippen LogP) is 2.45. The summed E-state index contributed by atoms with van der Waals surface area (Å²) < 4.78 is 0. The van der Waals surface area contributed by atoms with Crippen LogP contribution in [0.15, 0.2) is 36.4 Å². The zero-order valence-electron chi connectivity index (χ0n) is 7.25. The highest BCUT2D eigenvalue weighted by molar-refractivity contribution is 5.88. The van der Waals surface area contributed by atoms with Crippen LogP contribution >= 0.6 is 0 Å². The number of hydrogen-bond donors (Lipinski definition) is 1. The summed E-state index contributed by atoms with van der Waals surface area (Å²) >= 11 is 0. The lowest BCUT2D eigenvalue weighted by Crippen LogP contribution is -1.97. The SMILES string of the molecule is [CH]1NCc2ccc3ccccc3c21. The van der Waals surface area contributed by atoms with Crippen molar-refractivity contribution >= 4 is 10.8 Å². The summed E-state index contributed by atoms with van der Waals surface area (Å²) in [5.74, 6) is 0. The van der Waals surface area contributed by atoms with Crippen LogP contribution in [-0.4, -0.2) is 0 Å². The molecule has 0 saturated carbocycles. The summed E-state index contributed by atoms with van der Waals surface area (Å²) in [6.45, 7) is 3.08. The summed E-state index contributed by atoms with van der Waals surface area (Å²) in [6, 6.07) is 12.9. The van der Waals surface area contributed by atoms with E-state index >= 15 is 0 Å². The highest BCUT2D eigenvalue weighted by Gasteiger charge is 2.12. The molecule has 0 amide bonds. The minimum atomic E-state index is 0.972. The van der Waals surface area contributed by atoms with Crippen molar-refractivity contribution in [1.29, 1.82) is 0 Å². The van der Waals surface area contributed by atoms with Crippen molar-refractivity contribution in [3.05, 3.63) is 54.1 Å². The lowest BCUT2D eigenvalue weighted by atomic mass is 10.0. The van der Waals surface area contributed by atoms with Gasteiger partial charge >= 0.3 is 0 Å². The normalized spacial score (nSPS) is 14.8. The van der Waals surface area contributed by atoms with E-state index in [9.17, 15) is 0 Å². The van der Waals surface area contributed by atoms with Gasteiger partial charge in [0.25, 0.3) is 0 Å². The van der Waals surface area contributed by atoms with E-state index in [0.717, 1.165) is 6.54 Å². The maximum Gasteiger partial charge on any atom is 0.0530 e. The van der Waals surface area contributed by atoms with Gasteiger partial charge in [0.05, 0.1) is 6.54 Å². The molecular formula is C12H10N. The third-order valence-corrected chi connectivity index (χ3v) is 2.60. The molecule has 63 valence electrons. The molecule has 1 N–H and O–H groups in total. The second-order valence-electron chi connectivity index (χ2n) is 3.38. The summed E-state index contributed by atoms with van der Waals surface area (Å²) in [6.07, 6.45) is 0. The molecule has 0 aliphatic carbocycles. The Bertz CT molecular complexity index is 460. The molecule has 2 aromatic rings. The lowest BCUT2D eigenvalue weighted by molar-refractivity contribution is 0.886. The van der Waals surface area contributed by atoms with Crippen LogP contribution in [-0.2, 0) is 6.54 Å². The van der Waals surface area contributed by atoms with E-state index < -0.39 is 0 Å². The van der Waals surface area contributed by atoms with E-state index in [2.05, 4.69) is 48.3 Å². The van der Waals surface area contributed by atoms with Gasteiger partial charge in [-0.1, -0.05) is 36.4 Å². The smallest absolute Gasteiger partial charge is 0.0530 e. The first-order valence-corrected chi connectivity index (χ1v) is 4.52. The van der Waals surface area contributed by atoms with Crippen molar-refractivity contribution in [2.45, 2.75) is 6.54 Å². The molecule has 0 bridgehead atoms. The number of nitrogens with one attached hydrogen (secondary N) is 1. The maximum absolute atomic E-state index is 3.25. The second kappa shape index (κ2) is 2.57. The summed E-state index contributed by atoms with van der Waals surface area (Å²) in [5.41, 5.74) is 2.76. The molecule has 1 radical (unpaired) electrons. The van der Waals surface area contributed by atoms with Crippen LogP contribution in [0.1, 0.15) is 11.1 Å². The van der Waals surface area contributed by atoms with Gasteiger partial charge in [-0.05, 0) is 21.9 Å². The first-order valence-electron chi connectivity index (χ1n) is 4.52. The van der Waals surface area contributed by atoms with Crippen LogP contribution in [0, 0.1) is 6.54 Å². The third-order valence-electron chi connectivity index (χ3n) is 2.60. The third kappa shape index (κ3) is 0.973. The Labute approximate surface area is 77.4 Å². The molecule has 0 aromatic heterocycles. The van der Waals surface area contributed by atoms with Gasteiger partial charge in [0.2, 0.25) is 0 Å². The first-order chi connectivity index (χ1) is 6.45. The number of benzene rings is 2. The fourth-order valence-electron chi connectivity index (χ4n) is 1.93. The van der Waals surface area contributed by atoms with Crippen molar-refractivity contribution < 1.29 is 0 Å². The highest BCUT2D eigenvalue weighted by Crippen LogP contribution is 2.26. The van der Waals surface area contributed by atoms with Crippen molar-refractivity contribution in [2.24, 2.45) is 0 Å². The number of rotatable bonds is 0. The summed E-state index contributed by atoms with van der Waals surface area (Å²) in [4.78, 5) is 0.